The molecule has 9 atom stereocenters. The average Bonchev–Trinajstić information content (AvgIpc) is 3.19. The molecule has 0 bridgehead atoms. The second-order valence-electron chi connectivity index (χ2n) is 14.8. The lowest BCUT2D eigenvalue weighted by Crippen LogP contribution is -2.50. The van der Waals surface area contributed by atoms with E-state index < -0.39 is 6.09 Å². The molecule has 3 fully saturated rings. The second-order valence-corrected chi connectivity index (χ2v) is 14.8. The largest absolute Gasteiger partial charge is 0.465 e. The van der Waals surface area contributed by atoms with Crippen LogP contribution in [-0.2, 0) is 0 Å². The highest BCUT2D eigenvalue weighted by molar-refractivity contribution is 5.64. The molecule has 0 saturated heterocycles. The van der Waals surface area contributed by atoms with Crippen LogP contribution in [0.25, 0.3) is 0 Å². The molecule has 2 N–H and O–H groups in total. The van der Waals surface area contributed by atoms with E-state index >= 15 is 0 Å². The van der Waals surface area contributed by atoms with Crippen LogP contribution >= 0.6 is 0 Å². The SMILES string of the molecule is [CH2]CCC(CCC1CC[C@@]2(C)C(=CCC3C2CC[C@@]2(C)C3CC[C@@H]2[C@H](C)CCCC(C)C)C1)NC(=O)O. The molecule has 211 valence electrons. The number of allylic oxidation sites excluding steroid dienone is 2. The Bertz CT molecular complexity index is 804. The van der Waals surface area contributed by atoms with Crippen molar-refractivity contribution < 1.29 is 9.90 Å². The number of hydrogen-bond acceptors (Lipinski definition) is 1. The first-order valence-corrected chi connectivity index (χ1v) is 16.1. The lowest BCUT2D eigenvalue weighted by Gasteiger charge is -2.58. The molecule has 3 nitrogen and oxygen atoms in total. The van der Waals surface area contributed by atoms with E-state index in [2.05, 4.69) is 52.9 Å². The van der Waals surface area contributed by atoms with Crippen molar-refractivity contribution in [2.75, 3.05) is 0 Å². The Morgan fingerprint density at radius 1 is 1.05 bits per heavy atom. The molecule has 3 saturated carbocycles. The van der Waals surface area contributed by atoms with Crippen LogP contribution in [0.15, 0.2) is 11.6 Å². The van der Waals surface area contributed by atoms with Gasteiger partial charge in [-0.3, -0.25) is 0 Å². The summed E-state index contributed by atoms with van der Waals surface area (Å²) in [5.41, 5.74) is 2.75. The van der Waals surface area contributed by atoms with Crippen LogP contribution in [0.4, 0.5) is 4.79 Å². The number of carbonyl (C=O) groups is 1. The lowest BCUT2D eigenvalue weighted by atomic mass is 9.46. The molecular weight excluding hydrogens is 454 g/mol. The van der Waals surface area contributed by atoms with Gasteiger partial charge in [0.2, 0.25) is 0 Å². The molecular formula is C34H58NO2. The zero-order chi connectivity index (χ0) is 26.8. The van der Waals surface area contributed by atoms with Crippen LogP contribution in [0.5, 0.6) is 0 Å². The van der Waals surface area contributed by atoms with E-state index in [0.717, 1.165) is 67.1 Å². The molecule has 0 spiro atoms. The smallest absolute Gasteiger partial charge is 0.404 e. The third-order valence-corrected chi connectivity index (χ3v) is 12.2. The normalized spacial score (nSPS) is 38.8. The maximum atomic E-state index is 11.2. The van der Waals surface area contributed by atoms with Gasteiger partial charge in [0.25, 0.3) is 0 Å². The van der Waals surface area contributed by atoms with Crippen molar-refractivity contribution in [3.8, 4) is 0 Å². The fourth-order valence-corrected chi connectivity index (χ4v) is 10.2. The van der Waals surface area contributed by atoms with Gasteiger partial charge in [-0.1, -0.05) is 78.9 Å². The summed E-state index contributed by atoms with van der Waals surface area (Å²) in [6, 6.07) is 0.0622. The molecule has 5 unspecified atom stereocenters. The summed E-state index contributed by atoms with van der Waals surface area (Å²) in [4.78, 5) is 11.2. The molecule has 0 heterocycles. The lowest BCUT2D eigenvalue weighted by molar-refractivity contribution is -0.0530. The molecule has 4 rings (SSSR count). The summed E-state index contributed by atoms with van der Waals surface area (Å²) in [5.74, 6) is 6.09. The second kappa shape index (κ2) is 12.0. The highest BCUT2D eigenvalue weighted by atomic mass is 16.4. The van der Waals surface area contributed by atoms with Crippen LogP contribution in [0.1, 0.15) is 131 Å². The maximum Gasteiger partial charge on any atom is 0.404 e. The van der Waals surface area contributed by atoms with Gasteiger partial charge in [0.15, 0.2) is 0 Å². The highest BCUT2D eigenvalue weighted by Crippen LogP contribution is 2.67. The number of amides is 1. The van der Waals surface area contributed by atoms with Gasteiger partial charge in [-0.2, -0.15) is 0 Å². The number of rotatable bonds is 11. The number of nitrogens with one attached hydrogen (secondary N) is 1. The predicted molar refractivity (Wildman–Crippen MR) is 155 cm³/mol. The van der Waals surface area contributed by atoms with E-state index in [1.54, 1.807) is 5.57 Å². The van der Waals surface area contributed by atoms with Crippen LogP contribution in [-0.4, -0.2) is 17.2 Å². The maximum absolute atomic E-state index is 11.2. The van der Waals surface area contributed by atoms with Crippen molar-refractivity contribution in [2.45, 2.75) is 137 Å². The van der Waals surface area contributed by atoms with Crippen molar-refractivity contribution in [1.82, 2.24) is 5.32 Å². The Morgan fingerprint density at radius 2 is 1.84 bits per heavy atom. The predicted octanol–water partition coefficient (Wildman–Crippen LogP) is 9.67. The molecule has 37 heavy (non-hydrogen) atoms. The Labute approximate surface area is 229 Å². The third-order valence-electron chi connectivity index (χ3n) is 12.2. The number of fused-ring (bicyclic) bond motifs is 5. The van der Waals surface area contributed by atoms with Gasteiger partial charge in [-0.05, 0) is 123 Å². The van der Waals surface area contributed by atoms with Crippen molar-refractivity contribution in [2.24, 2.45) is 52.3 Å². The van der Waals surface area contributed by atoms with Gasteiger partial charge >= 0.3 is 6.09 Å². The summed E-state index contributed by atoms with van der Waals surface area (Å²) in [7, 11) is 0. The first kappa shape index (κ1) is 29.0. The summed E-state index contributed by atoms with van der Waals surface area (Å²) in [6.45, 7) is 16.6. The summed E-state index contributed by atoms with van der Waals surface area (Å²) in [6.07, 6.45) is 20.9. The van der Waals surface area contributed by atoms with E-state index in [9.17, 15) is 9.90 Å². The van der Waals surface area contributed by atoms with Gasteiger partial charge in [0.1, 0.15) is 0 Å². The topological polar surface area (TPSA) is 49.3 Å². The van der Waals surface area contributed by atoms with Crippen LogP contribution in [0.3, 0.4) is 0 Å². The van der Waals surface area contributed by atoms with Gasteiger partial charge in [0, 0.05) is 6.04 Å². The molecule has 0 aliphatic heterocycles. The minimum atomic E-state index is -0.890. The van der Waals surface area contributed by atoms with Gasteiger partial charge < -0.3 is 10.4 Å². The fraction of sp³-hybridized carbons (Fsp3) is 0.882. The first-order chi connectivity index (χ1) is 17.6. The van der Waals surface area contributed by atoms with Crippen molar-refractivity contribution in [3.63, 3.8) is 0 Å². The zero-order valence-electron chi connectivity index (χ0n) is 24.9. The molecule has 3 heteroatoms. The van der Waals surface area contributed by atoms with Gasteiger partial charge in [-0.15, -0.1) is 0 Å². The van der Waals surface area contributed by atoms with E-state index in [0.29, 0.717) is 10.8 Å². The Morgan fingerprint density at radius 3 is 2.54 bits per heavy atom. The minimum absolute atomic E-state index is 0.0622. The summed E-state index contributed by atoms with van der Waals surface area (Å²) >= 11 is 0. The molecule has 1 radical (unpaired) electrons. The first-order valence-electron chi connectivity index (χ1n) is 16.1. The van der Waals surface area contributed by atoms with E-state index in [-0.39, 0.29) is 6.04 Å². The van der Waals surface area contributed by atoms with E-state index in [1.807, 2.05) is 0 Å². The Balaban J connectivity index is 1.38. The zero-order valence-corrected chi connectivity index (χ0v) is 24.9. The number of carboxylic acid groups (broad SMARTS) is 1. The molecule has 4 aliphatic rings. The quantitative estimate of drug-likeness (QED) is 0.271. The summed E-state index contributed by atoms with van der Waals surface area (Å²) < 4.78 is 0. The molecule has 4 aliphatic carbocycles. The van der Waals surface area contributed by atoms with Crippen LogP contribution < -0.4 is 5.32 Å². The molecule has 0 aromatic carbocycles. The highest BCUT2D eigenvalue weighted by Gasteiger charge is 2.59. The Hall–Kier alpha value is -0.990. The summed E-state index contributed by atoms with van der Waals surface area (Å²) in [5, 5.41) is 11.9. The van der Waals surface area contributed by atoms with E-state index in [1.165, 1.54) is 70.6 Å². The van der Waals surface area contributed by atoms with Gasteiger partial charge in [0.05, 0.1) is 0 Å². The van der Waals surface area contributed by atoms with E-state index in [4.69, 9.17) is 0 Å². The average molecular weight is 513 g/mol. The fourth-order valence-electron chi connectivity index (χ4n) is 10.2. The van der Waals surface area contributed by atoms with Crippen molar-refractivity contribution in [3.05, 3.63) is 18.6 Å². The minimum Gasteiger partial charge on any atom is -0.465 e. The van der Waals surface area contributed by atoms with Crippen molar-refractivity contribution >= 4 is 6.09 Å². The molecule has 1 amide bonds. The monoisotopic (exact) mass is 512 g/mol. The number of hydrogen-bond donors (Lipinski definition) is 2. The molecule has 0 aromatic heterocycles. The third kappa shape index (κ3) is 6.11. The van der Waals surface area contributed by atoms with Gasteiger partial charge in [-0.25, -0.2) is 4.79 Å². The standard InChI is InChI=1S/C34H58NO2/c1-7-9-27(35-32(36)37)14-12-25-18-20-33(5)26(22-25)13-15-28-30-17-16-29(24(4)11-8-10-23(2)3)34(30,6)21-19-31(28)33/h13,23-25,27-31,35H,1,7-12,14-22H2,2-6H3,(H,36,37)/t24-,25?,27?,28?,29-,30?,31?,33+,34-/m1/s1. The van der Waals surface area contributed by atoms with Crippen molar-refractivity contribution in [1.29, 1.82) is 0 Å². The van der Waals surface area contributed by atoms with Crippen LogP contribution in [0, 0.1) is 59.2 Å². The van der Waals surface area contributed by atoms with Crippen LogP contribution in [0.2, 0.25) is 0 Å². The molecule has 0 aromatic rings. The Kier molecular flexibility index (Phi) is 9.43.